The van der Waals surface area contributed by atoms with Gasteiger partial charge < -0.3 is 16.3 Å². The highest BCUT2D eigenvalue weighted by atomic mass is 16.4. The van der Waals surface area contributed by atoms with E-state index in [4.69, 9.17) is 10.9 Å². The molecule has 0 radical (unpaired) electrons. The Morgan fingerprint density at radius 1 is 1.53 bits per heavy atom. The van der Waals surface area contributed by atoms with Crippen LogP contribution in [0.5, 0.6) is 0 Å². The molecule has 4 N–H and O–H groups in total. The number of hydrogen-bond acceptors (Lipinski definition) is 3. The predicted molar refractivity (Wildman–Crippen MR) is 59.7 cm³/mol. The summed E-state index contributed by atoms with van der Waals surface area (Å²) in [4.78, 5) is 11.3. The third kappa shape index (κ3) is 5.24. The van der Waals surface area contributed by atoms with Crippen LogP contribution in [0, 0.1) is 5.41 Å². The quantitative estimate of drug-likeness (QED) is 0.268. The van der Waals surface area contributed by atoms with Gasteiger partial charge in [0.1, 0.15) is 5.84 Å². The molecule has 0 fully saturated rings. The highest BCUT2D eigenvalue weighted by Gasteiger charge is 2.23. The first kappa shape index (κ1) is 13.7. The van der Waals surface area contributed by atoms with Crippen LogP contribution in [0.4, 0.5) is 0 Å². The van der Waals surface area contributed by atoms with Gasteiger partial charge in [0, 0.05) is 18.4 Å². The molecule has 0 bridgehead atoms. The van der Waals surface area contributed by atoms with Gasteiger partial charge in [0.15, 0.2) is 0 Å². The van der Waals surface area contributed by atoms with Crippen LogP contribution < -0.4 is 11.1 Å². The second-order valence-electron chi connectivity index (χ2n) is 4.25. The summed E-state index contributed by atoms with van der Waals surface area (Å²) >= 11 is 0. The zero-order valence-corrected chi connectivity index (χ0v) is 9.71. The molecule has 0 atom stereocenters. The third-order valence-electron chi connectivity index (χ3n) is 2.29. The Morgan fingerprint density at radius 3 is 2.60 bits per heavy atom. The molecule has 88 valence electrons. The lowest BCUT2D eigenvalue weighted by Gasteiger charge is -2.23. The van der Waals surface area contributed by atoms with E-state index in [9.17, 15) is 4.79 Å². The molecule has 0 saturated carbocycles. The number of oxime groups is 1. The summed E-state index contributed by atoms with van der Waals surface area (Å²) in [5, 5.41) is 14.2. The monoisotopic (exact) mass is 215 g/mol. The van der Waals surface area contributed by atoms with E-state index < -0.39 is 5.41 Å². The fourth-order valence-corrected chi connectivity index (χ4v) is 0.971. The maximum Gasteiger partial charge on any atom is 0.220 e. The van der Waals surface area contributed by atoms with Crippen LogP contribution in [-0.4, -0.2) is 23.5 Å². The molecule has 0 spiro atoms. The molecule has 5 nitrogen and oxygen atoms in total. The maximum atomic E-state index is 11.3. The molecular formula is C10H21N3O2. The molecule has 0 unspecified atom stereocenters. The molecule has 0 aromatic carbocycles. The summed E-state index contributed by atoms with van der Waals surface area (Å²) in [6, 6.07) is 0. The van der Waals surface area contributed by atoms with E-state index in [2.05, 4.69) is 10.5 Å². The van der Waals surface area contributed by atoms with Gasteiger partial charge in [0.05, 0.1) is 0 Å². The number of carbonyl (C=O) groups is 1. The Morgan fingerprint density at radius 2 is 2.13 bits per heavy atom. The first-order valence-corrected chi connectivity index (χ1v) is 5.18. The molecule has 0 aliphatic rings. The third-order valence-corrected chi connectivity index (χ3v) is 2.29. The highest BCUT2D eigenvalue weighted by molar-refractivity contribution is 5.86. The van der Waals surface area contributed by atoms with E-state index in [0.29, 0.717) is 13.0 Å². The van der Waals surface area contributed by atoms with Crippen molar-refractivity contribution in [1.82, 2.24) is 5.32 Å². The topological polar surface area (TPSA) is 87.7 Å². The minimum absolute atomic E-state index is 0.00987. The van der Waals surface area contributed by atoms with Crippen molar-refractivity contribution in [2.45, 2.75) is 40.0 Å². The van der Waals surface area contributed by atoms with Crippen LogP contribution in [0.3, 0.4) is 0 Å². The van der Waals surface area contributed by atoms with Crippen LogP contribution in [0.25, 0.3) is 0 Å². The van der Waals surface area contributed by atoms with Crippen molar-refractivity contribution >= 4 is 11.7 Å². The fourth-order valence-electron chi connectivity index (χ4n) is 0.971. The van der Waals surface area contributed by atoms with Gasteiger partial charge in [-0.3, -0.25) is 4.79 Å². The number of hydrogen-bond donors (Lipinski definition) is 3. The van der Waals surface area contributed by atoms with Crippen molar-refractivity contribution in [3.8, 4) is 0 Å². The van der Waals surface area contributed by atoms with Crippen LogP contribution in [0.1, 0.15) is 40.0 Å². The normalized spacial score (nSPS) is 12.6. The lowest BCUT2D eigenvalue weighted by atomic mass is 9.92. The summed E-state index contributed by atoms with van der Waals surface area (Å²) in [5.74, 6) is 0.133. The van der Waals surface area contributed by atoms with Gasteiger partial charge in [-0.2, -0.15) is 0 Å². The minimum Gasteiger partial charge on any atom is -0.409 e. The van der Waals surface area contributed by atoms with Crippen molar-refractivity contribution in [2.24, 2.45) is 16.3 Å². The number of amidine groups is 1. The van der Waals surface area contributed by atoms with Crippen molar-refractivity contribution < 1.29 is 10.0 Å². The zero-order valence-electron chi connectivity index (χ0n) is 9.71. The summed E-state index contributed by atoms with van der Waals surface area (Å²) in [6.07, 6.45) is 2.41. The lowest BCUT2D eigenvalue weighted by Crippen LogP contribution is -2.42. The van der Waals surface area contributed by atoms with Gasteiger partial charge >= 0.3 is 0 Å². The van der Waals surface area contributed by atoms with E-state index in [-0.39, 0.29) is 11.7 Å². The maximum absolute atomic E-state index is 11.3. The van der Waals surface area contributed by atoms with E-state index >= 15 is 0 Å². The van der Waals surface area contributed by atoms with Gasteiger partial charge in [0.2, 0.25) is 5.91 Å². The van der Waals surface area contributed by atoms with Crippen LogP contribution in [0.15, 0.2) is 5.16 Å². The molecule has 0 heterocycles. The van der Waals surface area contributed by atoms with E-state index in [1.807, 2.05) is 20.8 Å². The van der Waals surface area contributed by atoms with Gasteiger partial charge in [-0.1, -0.05) is 32.3 Å². The number of nitrogens with zero attached hydrogens (tertiary/aromatic N) is 1. The van der Waals surface area contributed by atoms with Crippen LogP contribution in [-0.2, 0) is 4.79 Å². The Labute approximate surface area is 90.7 Å². The molecule has 0 rings (SSSR count). The van der Waals surface area contributed by atoms with E-state index in [1.54, 1.807) is 0 Å². The first-order valence-electron chi connectivity index (χ1n) is 5.18. The van der Waals surface area contributed by atoms with Crippen molar-refractivity contribution in [2.75, 3.05) is 6.54 Å². The van der Waals surface area contributed by atoms with Gasteiger partial charge in [-0.15, -0.1) is 0 Å². The Hall–Kier alpha value is -1.26. The summed E-state index contributed by atoms with van der Waals surface area (Å²) < 4.78 is 0. The second kappa shape index (κ2) is 6.27. The Bertz CT molecular complexity index is 237. The molecule has 0 aromatic rings. The van der Waals surface area contributed by atoms with Gasteiger partial charge in [0.25, 0.3) is 0 Å². The number of carbonyl (C=O) groups excluding carboxylic acids is 1. The molecule has 1 amide bonds. The molecule has 5 heteroatoms. The smallest absolute Gasteiger partial charge is 0.220 e. The number of unbranched alkanes of at least 4 members (excludes halogenated alkanes) is 1. The summed E-state index contributed by atoms with van der Waals surface area (Å²) in [7, 11) is 0. The molecule has 0 saturated heterocycles. The van der Waals surface area contributed by atoms with Crippen molar-refractivity contribution in [3.05, 3.63) is 0 Å². The number of nitrogens with one attached hydrogen (secondary N) is 1. The lowest BCUT2D eigenvalue weighted by molar-refractivity contribution is -0.121. The molecular weight excluding hydrogens is 194 g/mol. The minimum atomic E-state index is -0.517. The summed E-state index contributed by atoms with van der Waals surface area (Å²) in [6.45, 7) is 6.03. The first-order chi connectivity index (χ1) is 6.94. The van der Waals surface area contributed by atoms with Gasteiger partial charge in [-0.25, -0.2) is 0 Å². The number of nitrogens with two attached hydrogens (primary N) is 1. The van der Waals surface area contributed by atoms with Crippen molar-refractivity contribution in [3.63, 3.8) is 0 Å². The molecule has 0 aromatic heterocycles. The van der Waals surface area contributed by atoms with Crippen LogP contribution in [0.2, 0.25) is 0 Å². The molecule has 0 aliphatic carbocycles. The van der Waals surface area contributed by atoms with Crippen LogP contribution >= 0.6 is 0 Å². The summed E-state index contributed by atoms with van der Waals surface area (Å²) in [5.41, 5.74) is 4.97. The number of rotatable bonds is 6. The standard InChI is InChI=1S/C10H21N3O2/c1-4-5-6-8(14)12-7-10(2,3)9(11)13-15/h15H,4-7H2,1-3H3,(H2,11,13)(H,12,14). The Kier molecular flexibility index (Phi) is 5.74. The fraction of sp³-hybridized carbons (Fsp3) is 0.800. The average Bonchev–Trinajstić information content (AvgIpc) is 2.22. The molecule has 0 aliphatic heterocycles. The predicted octanol–water partition coefficient (Wildman–Crippen LogP) is 1.07. The number of amides is 1. The SMILES string of the molecule is CCCCC(=O)NCC(C)(C)C(N)=NO. The van der Waals surface area contributed by atoms with Crippen molar-refractivity contribution in [1.29, 1.82) is 0 Å². The van der Waals surface area contributed by atoms with E-state index in [0.717, 1.165) is 12.8 Å². The average molecular weight is 215 g/mol. The Balaban J connectivity index is 3.98. The second-order valence-corrected chi connectivity index (χ2v) is 4.25. The highest BCUT2D eigenvalue weighted by Crippen LogP contribution is 2.13. The molecule has 15 heavy (non-hydrogen) atoms. The largest absolute Gasteiger partial charge is 0.409 e. The zero-order chi connectivity index (χ0) is 11.9. The van der Waals surface area contributed by atoms with E-state index in [1.165, 1.54) is 0 Å². The van der Waals surface area contributed by atoms with Gasteiger partial charge in [-0.05, 0) is 6.42 Å².